The summed E-state index contributed by atoms with van der Waals surface area (Å²) in [5, 5.41) is 2.99. The topological polar surface area (TPSA) is 62.5 Å². The number of piperazine rings is 1. The molecular formula is C22H23ClN4O. The van der Waals surface area contributed by atoms with Gasteiger partial charge in [-0.15, -0.1) is 0 Å². The average molecular weight is 395 g/mol. The summed E-state index contributed by atoms with van der Waals surface area (Å²) < 4.78 is 0. The molecule has 0 spiro atoms. The van der Waals surface area contributed by atoms with Crippen molar-refractivity contribution in [3.05, 3.63) is 71.5 Å². The number of hydrogen-bond acceptors (Lipinski definition) is 4. The largest absolute Gasteiger partial charge is 0.368 e. The smallest absolute Gasteiger partial charge is 0.239 e. The number of anilines is 1. The Balaban J connectivity index is 1.36. The Labute approximate surface area is 169 Å². The van der Waals surface area contributed by atoms with Crippen molar-refractivity contribution >= 4 is 34.0 Å². The minimum absolute atomic E-state index is 0.0131. The van der Waals surface area contributed by atoms with Crippen molar-refractivity contribution in [1.29, 1.82) is 0 Å². The molecule has 144 valence electrons. The molecule has 0 radical (unpaired) electrons. The van der Waals surface area contributed by atoms with Gasteiger partial charge in [0, 0.05) is 54.7 Å². The Hall–Kier alpha value is -2.63. The predicted octanol–water partition coefficient (Wildman–Crippen LogP) is 3.11. The van der Waals surface area contributed by atoms with Crippen LogP contribution in [0, 0.1) is 0 Å². The minimum Gasteiger partial charge on any atom is -0.368 e. The molecule has 0 unspecified atom stereocenters. The van der Waals surface area contributed by atoms with Crippen LogP contribution in [0.5, 0.6) is 0 Å². The molecule has 1 fully saturated rings. The van der Waals surface area contributed by atoms with Gasteiger partial charge < -0.3 is 15.5 Å². The van der Waals surface area contributed by atoms with Gasteiger partial charge in [-0.25, -0.2) is 0 Å². The summed E-state index contributed by atoms with van der Waals surface area (Å²) in [6.07, 6.45) is 4.21. The number of rotatable bonds is 4. The molecule has 1 amide bonds. The fourth-order valence-electron chi connectivity index (χ4n) is 3.65. The second kappa shape index (κ2) is 8.17. The number of fused-ring (bicyclic) bond motifs is 1. The van der Waals surface area contributed by atoms with Gasteiger partial charge in [0.2, 0.25) is 5.91 Å². The summed E-state index contributed by atoms with van der Waals surface area (Å²) in [5.74, 6) is 0.0131. The van der Waals surface area contributed by atoms with Crippen molar-refractivity contribution in [3.63, 3.8) is 0 Å². The lowest BCUT2D eigenvalue weighted by molar-refractivity contribution is -0.132. The zero-order valence-corrected chi connectivity index (χ0v) is 16.3. The SMILES string of the molecule is N[C@H](Cc1ccc(Cl)cc1)C(=O)N1CCN(c2ccc3cnccc3c2)CC1. The molecule has 0 saturated carbocycles. The van der Waals surface area contributed by atoms with Crippen LogP contribution in [0.25, 0.3) is 10.8 Å². The molecule has 1 atom stereocenters. The van der Waals surface area contributed by atoms with Crippen molar-refractivity contribution in [3.8, 4) is 0 Å². The zero-order chi connectivity index (χ0) is 19.5. The number of nitrogens with two attached hydrogens (primary N) is 1. The summed E-state index contributed by atoms with van der Waals surface area (Å²) >= 11 is 5.91. The Bertz CT molecular complexity index is 968. The van der Waals surface area contributed by atoms with Gasteiger partial charge in [-0.3, -0.25) is 9.78 Å². The molecule has 2 N–H and O–H groups in total. The third-order valence-corrected chi connectivity index (χ3v) is 5.52. The van der Waals surface area contributed by atoms with Gasteiger partial charge in [0.1, 0.15) is 0 Å². The molecule has 4 rings (SSSR count). The standard InChI is InChI=1S/C22H23ClN4O/c23-19-4-1-16(2-5-19)13-21(24)22(28)27-11-9-26(10-12-27)20-6-3-18-15-25-8-7-17(18)14-20/h1-8,14-15,21H,9-13,24H2/t21-/m1/s1. The normalized spacial score (nSPS) is 15.6. The fraction of sp³-hybridized carbons (Fsp3) is 0.273. The van der Waals surface area contributed by atoms with Gasteiger partial charge in [-0.2, -0.15) is 0 Å². The van der Waals surface area contributed by atoms with Crippen molar-refractivity contribution in [1.82, 2.24) is 9.88 Å². The van der Waals surface area contributed by atoms with E-state index in [9.17, 15) is 4.79 Å². The summed E-state index contributed by atoms with van der Waals surface area (Å²) in [4.78, 5) is 21.1. The molecule has 1 aliphatic heterocycles. The van der Waals surface area contributed by atoms with Crippen LogP contribution in [0.2, 0.25) is 5.02 Å². The molecule has 28 heavy (non-hydrogen) atoms. The summed E-state index contributed by atoms with van der Waals surface area (Å²) in [5.41, 5.74) is 8.38. The Morgan fingerprint density at radius 1 is 1.04 bits per heavy atom. The second-order valence-electron chi connectivity index (χ2n) is 7.16. The third kappa shape index (κ3) is 4.11. The lowest BCUT2D eigenvalue weighted by Crippen LogP contribution is -2.53. The molecule has 1 aromatic heterocycles. The van der Waals surface area contributed by atoms with Gasteiger partial charge in [-0.05, 0) is 47.7 Å². The number of hydrogen-bond donors (Lipinski definition) is 1. The summed E-state index contributed by atoms with van der Waals surface area (Å²) in [7, 11) is 0. The van der Waals surface area contributed by atoms with Crippen molar-refractivity contribution in [2.45, 2.75) is 12.5 Å². The lowest BCUT2D eigenvalue weighted by atomic mass is 10.1. The van der Waals surface area contributed by atoms with E-state index in [1.165, 1.54) is 11.1 Å². The van der Waals surface area contributed by atoms with Crippen LogP contribution in [-0.2, 0) is 11.2 Å². The Kier molecular flexibility index (Phi) is 5.46. The second-order valence-corrected chi connectivity index (χ2v) is 7.59. The van der Waals surface area contributed by atoms with E-state index in [0.29, 0.717) is 24.5 Å². The molecule has 1 saturated heterocycles. The van der Waals surface area contributed by atoms with Crippen LogP contribution in [0.1, 0.15) is 5.56 Å². The monoisotopic (exact) mass is 394 g/mol. The highest BCUT2D eigenvalue weighted by molar-refractivity contribution is 6.30. The quantitative estimate of drug-likeness (QED) is 0.738. The van der Waals surface area contributed by atoms with E-state index in [0.717, 1.165) is 24.0 Å². The fourth-order valence-corrected chi connectivity index (χ4v) is 3.77. The first-order valence-electron chi connectivity index (χ1n) is 9.48. The Morgan fingerprint density at radius 2 is 1.79 bits per heavy atom. The number of benzene rings is 2. The number of amides is 1. The van der Waals surface area contributed by atoms with E-state index in [1.807, 2.05) is 47.6 Å². The summed E-state index contributed by atoms with van der Waals surface area (Å²) in [6, 6.07) is 15.4. The van der Waals surface area contributed by atoms with Crippen molar-refractivity contribution in [2.75, 3.05) is 31.1 Å². The number of halogens is 1. The molecule has 0 bridgehead atoms. The highest BCUT2D eigenvalue weighted by Crippen LogP contribution is 2.23. The van der Waals surface area contributed by atoms with Gasteiger partial charge in [-0.1, -0.05) is 29.8 Å². The predicted molar refractivity (Wildman–Crippen MR) is 114 cm³/mol. The number of nitrogens with zero attached hydrogens (tertiary/aromatic N) is 3. The molecule has 1 aliphatic rings. The van der Waals surface area contributed by atoms with E-state index in [4.69, 9.17) is 17.3 Å². The first-order valence-corrected chi connectivity index (χ1v) is 9.85. The third-order valence-electron chi connectivity index (χ3n) is 5.27. The van der Waals surface area contributed by atoms with E-state index in [2.05, 4.69) is 28.1 Å². The highest BCUT2D eigenvalue weighted by atomic mass is 35.5. The van der Waals surface area contributed by atoms with E-state index < -0.39 is 6.04 Å². The minimum atomic E-state index is -0.527. The first kappa shape index (κ1) is 18.7. The van der Waals surface area contributed by atoms with E-state index in [-0.39, 0.29) is 5.91 Å². The van der Waals surface area contributed by atoms with Gasteiger partial charge >= 0.3 is 0 Å². The van der Waals surface area contributed by atoms with Gasteiger partial charge in [0.05, 0.1) is 6.04 Å². The molecule has 2 heterocycles. The molecule has 3 aromatic rings. The maximum absolute atomic E-state index is 12.7. The van der Waals surface area contributed by atoms with Crippen LogP contribution in [0.4, 0.5) is 5.69 Å². The van der Waals surface area contributed by atoms with Crippen LogP contribution < -0.4 is 10.6 Å². The van der Waals surface area contributed by atoms with Crippen LogP contribution in [0.15, 0.2) is 60.9 Å². The van der Waals surface area contributed by atoms with Crippen LogP contribution in [0.3, 0.4) is 0 Å². The van der Waals surface area contributed by atoms with Crippen LogP contribution >= 0.6 is 11.6 Å². The van der Waals surface area contributed by atoms with Crippen molar-refractivity contribution in [2.24, 2.45) is 5.73 Å². The maximum atomic E-state index is 12.7. The lowest BCUT2D eigenvalue weighted by Gasteiger charge is -2.37. The molecule has 2 aromatic carbocycles. The zero-order valence-electron chi connectivity index (χ0n) is 15.6. The molecular weight excluding hydrogens is 372 g/mol. The number of pyridine rings is 1. The van der Waals surface area contributed by atoms with Gasteiger partial charge in [0.15, 0.2) is 0 Å². The van der Waals surface area contributed by atoms with Gasteiger partial charge in [0.25, 0.3) is 0 Å². The average Bonchev–Trinajstić information content (AvgIpc) is 2.74. The number of carbonyl (C=O) groups is 1. The molecule has 0 aliphatic carbocycles. The van der Waals surface area contributed by atoms with Crippen molar-refractivity contribution < 1.29 is 4.79 Å². The summed E-state index contributed by atoms with van der Waals surface area (Å²) in [6.45, 7) is 2.97. The van der Waals surface area contributed by atoms with E-state index in [1.54, 1.807) is 0 Å². The van der Waals surface area contributed by atoms with E-state index >= 15 is 0 Å². The first-order chi connectivity index (χ1) is 13.6. The molecule has 6 heteroatoms. The number of aromatic nitrogens is 1. The highest BCUT2D eigenvalue weighted by Gasteiger charge is 2.25. The Morgan fingerprint density at radius 3 is 2.54 bits per heavy atom. The number of carbonyl (C=O) groups excluding carboxylic acids is 1. The maximum Gasteiger partial charge on any atom is 0.239 e. The molecule has 5 nitrogen and oxygen atoms in total. The van der Waals surface area contributed by atoms with Crippen LogP contribution in [-0.4, -0.2) is 48.0 Å².